The predicted molar refractivity (Wildman–Crippen MR) is 79.5 cm³/mol. The second-order valence-electron chi connectivity index (χ2n) is 4.77. The third-order valence-corrected chi connectivity index (χ3v) is 5.52. The zero-order chi connectivity index (χ0) is 14.0. The van der Waals surface area contributed by atoms with Gasteiger partial charge in [0.15, 0.2) is 0 Å². The lowest BCUT2D eigenvalue weighted by Crippen LogP contribution is -2.44. The number of piperidine rings is 1. The predicted octanol–water partition coefficient (Wildman–Crippen LogP) is 2.42. The van der Waals surface area contributed by atoms with Gasteiger partial charge in [0, 0.05) is 20.1 Å². The first kappa shape index (κ1) is 14.5. The van der Waals surface area contributed by atoms with Crippen molar-refractivity contribution in [3.05, 3.63) is 20.3 Å². The lowest BCUT2D eigenvalue weighted by atomic mass is 9.97. The van der Waals surface area contributed by atoms with E-state index in [0.717, 1.165) is 33.6 Å². The van der Waals surface area contributed by atoms with Crippen molar-refractivity contribution in [1.29, 1.82) is 0 Å². The first-order chi connectivity index (χ1) is 9.02. The number of aryl methyl sites for hydroxylation is 1. The summed E-state index contributed by atoms with van der Waals surface area (Å²) in [6.07, 6.45) is 1.74. The van der Waals surface area contributed by atoms with Gasteiger partial charge in [-0.3, -0.25) is 9.59 Å². The summed E-state index contributed by atoms with van der Waals surface area (Å²) in [5.41, 5.74) is 1.08. The van der Waals surface area contributed by atoms with Crippen molar-refractivity contribution in [3.8, 4) is 0 Å². The Balaban J connectivity index is 2.09. The molecule has 1 atom stereocenters. The van der Waals surface area contributed by atoms with E-state index < -0.39 is 0 Å². The minimum absolute atomic E-state index is 0.0287. The number of carbonyl (C=O) groups excluding carboxylic acids is 2. The molecule has 1 aromatic heterocycles. The molecule has 2 rings (SSSR count). The molecule has 2 amide bonds. The summed E-state index contributed by atoms with van der Waals surface area (Å²) in [5.74, 6) is -0.0133. The number of hydrogen-bond acceptors (Lipinski definition) is 3. The zero-order valence-corrected chi connectivity index (χ0v) is 13.4. The van der Waals surface area contributed by atoms with Gasteiger partial charge in [0.05, 0.1) is 14.6 Å². The molecule has 104 valence electrons. The fourth-order valence-corrected chi connectivity index (χ4v) is 3.80. The van der Waals surface area contributed by atoms with Crippen molar-refractivity contribution < 1.29 is 9.59 Å². The van der Waals surface area contributed by atoms with Crippen LogP contribution in [0.3, 0.4) is 0 Å². The van der Waals surface area contributed by atoms with Crippen LogP contribution in [-0.4, -0.2) is 36.9 Å². The lowest BCUT2D eigenvalue weighted by Gasteiger charge is -2.31. The van der Waals surface area contributed by atoms with Gasteiger partial charge < -0.3 is 10.2 Å². The topological polar surface area (TPSA) is 49.4 Å². The Morgan fingerprint density at radius 3 is 2.84 bits per heavy atom. The Kier molecular flexibility index (Phi) is 4.62. The van der Waals surface area contributed by atoms with E-state index in [0.29, 0.717) is 6.54 Å². The molecule has 1 unspecified atom stereocenters. The van der Waals surface area contributed by atoms with Crippen LogP contribution in [0.1, 0.15) is 28.1 Å². The molecule has 0 spiro atoms. The molecular formula is C13H17BrN2O2S. The largest absolute Gasteiger partial charge is 0.359 e. The number of likely N-dealkylation sites (tertiary alicyclic amines) is 1. The molecule has 1 saturated heterocycles. The highest BCUT2D eigenvalue weighted by Gasteiger charge is 2.29. The first-order valence-electron chi connectivity index (χ1n) is 6.29. The third kappa shape index (κ3) is 3.17. The Morgan fingerprint density at radius 1 is 1.53 bits per heavy atom. The van der Waals surface area contributed by atoms with E-state index in [9.17, 15) is 9.59 Å². The van der Waals surface area contributed by atoms with Crippen LogP contribution in [0.25, 0.3) is 0 Å². The highest BCUT2D eigenvalue weighted by atomic mass is 79.9. The minimum Gasteiger partial charge on any atom is -0.359 e. The summed E-state index contributed by atoms with van der Waals surface area (Å²) in [6, 6.07) is 1.90. The average Bonchev–Trinajstić information content (AvgIpc) is 2.77. The van der Waals surface area contributed by atoms with Gasteiger partial charge in [0.2, 0.25) is 5.91 Å². The van der Waals surface area contributed by atoms with Gasteiger partial charge in [-0.25, -0.2) is 0 Å². The van der Waals surface area contributed by atoms with Crippen LogP contribution < -0.4 is 5.32 Å². The molecular weight excluding hydrogens is 328 g/mol. The van der Waals surface area contributed by atoms with E-state index in [-0.39, 0.29) is 17.7 Å². The summed E-state index contributed by atoms with van der Waals surface area (Å²) in [4.78, 5) is 26.6. The molecule has 0 saturated carbocycles. The maximum absolute atomic E-state index is 12.4. The van der Waals surface area contributed by atoms with Crippen molar-refractivity contribution in [1.82, 2.24) is 10.2 Å². The standard InChI is InChI=1S/C13H17BrN2O2S/c1-8-6-10(19-11(8)14)13(18)16-5-3-4-9(7-16)12(17)15-2/h6,9H,3-5,7H2,1-2H3,(H,15,17). The molecule has 1 N–H and O–H groups in total. The molecule has 0 bridgehead atoms. The van der Waals surface area contributed by atoms with Gasteiger partial charge in [-0.05, 0) is 47.3 Å². The Hall–Kier alpha value is -0.880. The molecule has 4 nitrogen and oxygen atoms in total. The smallest absolute Gasteiger partial charge is 0.263 e. The first-order valence-corrected chi connectivity index (χ1v) is 7.90. The summed E-state index contributed by atoms with van der Waals surface area (Å²) < 4.78 is 0.996. The van der Waals surface area contributed by atoms with Crippen LogP contribution >= 0.6 is 27.3 Å². The van der Waals surface area contributed by atoms with Crippen LogP contribution in [-0.2, 0) is 4.79 Å². The number of thiophene rings is 1. The van der Waals surface area contributed by atoms with Gasteiger partial charge in [-0.15, -0.1) is 11.3 Å². The molecule has 19 heavy (non-hydrogen) atoms. The van der Waals surface area contributed by atoms with E-state index in [1.807, 2.05) is 13.0 Å². The second kappa shape index (κ2) is 6.05. The molecule has 0 radical (unpaired) electrons. The lowest BCUT2D eigenvalue weighted by molar-refractivity contribution is -0.125. The number of carbonyl (C=O) groups is 2. The normalized spacial score (nSPS) is 19.3. The Morgan fingerprint density at radius 2 is 2.26 bits per heavy atom. The monoisotopic (exact) mass is 344 g/mol. The number of halogens is 1. The second-order valence-corrected chi connectivity index (χ2v) is 7.14. The van der Waals surface area contributed by atoms with Crippen molar-refractivity contribution in [2.75, 3.05) is 20.1 Å². The van der Waals surface area contributed by atoms with Crippen molar-refractivity contribution in [2.45, 2.75) is 19.8 Å². The summed E-state index contributed by atoms with van der Waals surface area (Å²) in [7, 11) is 1.64. The molecule has 1 aliphatic rings. The maximum atomic E-state index is 12.4. The van der Waals surface area contributed by atoms with Gasteiger partial charge in [-0.1, -0.05) is 0 Å². The van der Waals surface area contributed by atoms with Crippen molar-refractivity contribution in [3.63, 3.8) is 0 Å². The van der Waals surface area contributed by atoms with E-state index in [1.165, 1.54) is 11.3 Å². The SMILES string of the molecule is CNC(=O)C1CCCN(C(=O)c2cc(C)c(Br)s2)C1. The number of rotatable bonds is 2. The van der Waals surface area contributed by atoms with Crippen molar-refractivity contribution >= 4 is 39.1 Å². The summed E-state index contributed by atoms with van der Waals surface area (Å²) in [6.45, 7) is 3.23. The average molecular weight is 345 g/mol. The molecule has 1 aliphatic heterocycles. The summed E-state index contributed by atoms with van der Waals surface area (Å²) in [5, 5.41) is 2.67. The molecule has 0 aliphatic carbocycles. The number of amides is 2. The summed E-state index contributed by atoms with van der Waals surface area (Å²) >= 11 is 4.89. The molecule has 2 heterocycles. The number of nitrogens with zero attached hydrogens (tertiary/aromatic N) is 1. The van der Waals surface area contributed by atoms with Crippen LogP contribution in [0.15, 0.2) is 9.85 Å². The Bertz CT molecular complexity index is 481. The molecule has 6 heteroatoms. The fourth-order valence-electron chi connectivity index (χ4n) is 2.30. The third-order valence-electron chi connectivity index (χ3n) is 3.39. The van der Waals surface area contributed by atoms with Gasteiger partial charge in [0.25, 0.3) is 5.91 Å². The molecule has 1 fully saturated rings. The van der Waals surface area contributed by atoms with E-state index in [4.69, 9.17) is 0 Å². The van der Waals surface area contributed by atoms with Crippen LogP contribution in [0.4, 0.5) is 0 Å². The van der Waals surface area contributed by atoms with Crippen LogP contribution in [0, 0.1) is 12.8 Å². The van der Waals surface area contributed by atoms with E-state index in [2.05, 4.69) is 21.2 Å². The minimum atomic E-state index is -0.0767. The number of hydrogen-bond donors (Lipinski definition) is 1. The fraction of sp³-hybridized carbons (Fsp3) is 0.538. The quantitative estimate of drug-likeness (QED) is 0.895. The van der Waals surface area contributed by atoms with E-state index in [1.54, 1.807) is 11.9 Å². The molecule has 0 aromatic carbocycles. The van der Waals surface area contributed by atoms with Gasteiger partial charge in [-0.2, -0.15) is 0 Å². The Labute approximate surface area is 125 Å². The van der Waals surface area contributed by atoms with Crippen LogP contribution in [0.2, 0.25) is 0 Å². The maximum Gasteiger partial charge on any atom is 0.263 e. The van der Waals surface area contributed by atoms with Gasteiger partial charge >= 0.3 is 0 Å². The van der Waals surface area contributed by atoms with Crippen LogP contribution in [0.5, 0.6) is 0 Å². The molecule has 1 aromatic rings. The van der Waals surface area contributed by atoms with Gasteiger partial charge in [0.1, 0.15) is 0 Å². The zero-order valence-electron chi connectivity index (χ0n) is 11.0. The van der Waals surface area contributed by atoms with Crippen molar-refractivity contribution in [2.24, 2.45) is 5.92 Å². The number of nitrogens with one attached hydrogen (secondary N) is 1. The highest BCUT2D eigenvalue weighted by Crippen LogP contribution is 2.29. The highest BCUT2D eigenvalue weighted by molar-refractivity contribution is 9.11. The van der Waals surface area contributed by atoms with E-state index >= 15 is 0 Å².